The van der Waals surface area contributed by atoms with Crippen LogP contribution in [0.25, 0.3) is 112 Å². The molecule has 2 aromatic heterocycles. The topological polar surface area (TPSA) is 64.7 Å². The molecular weight excluding hydrogens is 745 g/mol. The summed E-state index contributed by atoms with van der Waals surface area (Å²) < 4.78 is 6.50. The Bertz CT molecular complexity index is 3340. The van der Waals surface area contributed by atoms with E-state index in [0.29, 0.717) is 23.4 Å². The van der Waals surface area contributed by atoms with E-state index in [1.807, 2.05) is 54.6 Å². The van der Waals surface area contributed by atoms with Crippen molar-refractivity contribution < 1.29 is 4.42 Å². The number of hydrogen-bond donors (Lipinski definition) is 0. The number of fused-ring (bicyclic) bond motifs is 3. The molecule has 0 aliphatic carbocycles. The molecule has 0 radical (unpaired) electrons. The molecule has 0 amide bonds. The number of nitrogens with zero attached hydrogens (tertiary/aromatic N) is 4. The van der Waals surface area contributed by atoms with Crippen LogP contribution in [0.3, 0.4) is 0 Å². The summed E-state index contributed by atoms with van der Waals surface area (Å²) in [5.41, 5.74) is 14.1. The van der Waals surface area contributed by atoms with Crippen LogP contribution >= 0.6 is 0 Å². The van der Waals surface area contributed by atoms with Crippen molar-refractivity contribution in [1.29, 1.82) is 0 Å². The van der Waals surface area contributed by atoms with Crippen molar-refractivity contribution in [2.24, 2.45) is 0 Å². The smallest absolute Gasteiger partial charge is 0.227 e. The van der Waals surface area contributed by atoms with Gasteiger partial charge >= 0.3 is 0 Å². The van der Waals surface area contributed by atoms with Crippen LogP contribution in [0.1, 0.15) is 0 Å². The van der Waals surface area contributed by atoms with E-state index >= 15 is 0 Å². The number of oxazole rings is 1. The zero-order chi connectivity index (χ0) is 40.5. The third-order valence-electron chi connectivity index (χ3n) is 11.2. The van der Waals surface area contributed by atoms with Gasteiger partial charge in [0.2, 0.25) is 5.89 Å². The maximum absolute atomic E-state index is 6.50. The highest BCUT2D eigenvalue weighted by Gasteiger charge is 2.18. The molecule has 0 saturated carbocycles. The molecule has 0 unspecified atom stereocenters. The maximum atomic E-state index is 6.50. The number of aromatic nitrogens is 4. The lowest BCUT2D eigenvalue weighted by Gasteiger charge is -2.13. The molecule has 0 N–H and O–H groups in total. The van der Waals surface area contributed by atoms with Crippen molar-refractivity contribution in [3.05, 3.63) is 218 Å². The quantitative estimate of drug-likeness (QED) is 0.154. The van der Waals surface area contributed by atoms with E-state index in [2.05, 4.69) is 164 Å². The lowest BCUT2D eigenvalue weighted by atomic mass is 9.96. The normalized spacial score (nSPS) is 11.3. The molecular formula is C56H36N4O. The maximum Gasteiger partial charge on any atom is 0.227 e. The van der Waals surface area contributed by atoms with Crippen LogP contribution in [0.15, 0.2) is 223 Å². The van der Waals surface area contributed by atoms with Crippen LogP contribution < -0.4 is 0 Å². The predicted molar refractivity (Wildman–Crippen MR) is 248 cm³/mol. The largest absolute Gasteiger partial charge is 0.435 e. The predicted octanol–water partition coefficient (Wildman–Crippen LogP) is 14.5. The molecule has 5 heteroatoms. The van der Waals surface area contributed by atoms with Crippen LogP contribution in [-0.2, 0) is 0 Å². The molecule has 0 aliphatic rings. The fraction of sp³-hybridized carbons (Fsp3) is 0. The Kier molecular flexibility index (Phi) is 9.10. The van der Waals surface area contributed by atoms with Crippen LogP contribution in [0.2, 0.25) is 0 Å². The minimum Gasteiger partial charge on any atom is -0.435 e. The summed E-state index contributed by atoms with van der Waals surface area (Å²) in [5.74, 6) is 2.41. The fourth-order valence-electron chi connectivity index (χ4n) is 8.15. The van der Waals surface area contributed by atoms with Crippen molar-refractivity contribution in [2.45, 2.75) is 0 Å². The van der Waals surface area contributed by atoms with Crippen LogP contribution in [0, 0.1) is 0 Å². The van der Waals surface area contributed by atoms with Gasteiger partial charge in [0.1, 0.15) is 5.52 Å². The molecule has 2 heterocycles. The van der Waals surface area contributed by atoms with Gasteiger partial charge in [0, 0.05) is 27.6 Å². The van der Waals surface area contributed by atoms with Gasteiger partial charge in [-0.3, -0.25) is 0 Å². The van der Waals surface area contributed by atoms with Gasteiger partial charge < -0.3 is 4.42 Å². The zero-order valence-electron chi connectivity index (χ0n) is 33.0. The van der Waals surface area contributed by atoms with Crippen LogP contribution in [0.5, 0.6) is 0 Å². The number of benzene rings is 9. The Morgan fingerprint density at radius 2 is 0.754 bits per heavy atom. The molecule has 0 aliphatic heterocycles. The first-order valence-corrected chi connectivity index (χ1v) is 20.4. The Balaban J connectivity index is 1.02. The van der Waals surface area contributed by atoms with Gasteiger partial charge in [0.15, 0.2) is 23.1 Å². The summed E-state index contributed by atoms with van der Waals surface area (Å²) in [6.07, 6.45) is 0. The summed E-state index contributed by atoms with van der Waals surface area (Å²) in [6.45, 7) is 0. The van der Waals surface area contributed by atoms with E-state index in [0.717, 1.165) is 77.5 Å². The molecule has 61 heavy (non-hydrogen) atoms. The SMILES string of the molecule is c1ccc(-c2cccc(-c3cccc(-c4nc(-c5ccc(-c6cccc7ccc8nc(-c9ccccc9)oc8c67)cc5)nc(-c5ccccc5-c5ccccc5)n4)c3)c2)cc1. The van der Waals surface area contributed by atoms with Gasteiger partial charge in [-0.2, -0.15) is 0 Å². The van der Waals surface area contributed by atoms with Gasteiger partial charge in [-0.05, 0) is 80.2 Å². The zero-order valence-corrected chi connectivity index (χ0v) is 33.0. The summed E-state index contributed by atoms with van der Waals surface area (Å²) in [5, 5.41) is 2.11. The lowest BCUT2D eigenvalue weighted by Crippen LogP contribution is -2.01. The Morgan fingerprint density at radius 1 is 0.279 bits per heavy atom. The molecule has 0 fully saturated rings. The second kappa shape index (κ2) is 15.5. The first-order chi connectivity index (χ1) is 30.2. The first-order valence-electron chi connectivity index (χ1n) is 20.4. The molecule has 11 rings (SSSR count). The van der Waals surface area contributed by atoms with Crippen molar-refractivity contribution in [3.8, 4) is 90.1 Å². The molecule has 0 bridgehead atoms. The summed E-state index contributed by atoms with van der Waals surface area (Å²) >= 11 is 0. The van der Waals surface area contributed by atoms with E-state index in [1.54, 1.807) is 0 Å². The average Bonchev–Trinajstić information content (AvgIpc) is 3.80. The van der Waals surface area contributed by atoms with E-state index in [-0.39, 0.29) is 0 Å². The highest BCUT2D eigenvalue weighted by Crippen LogP contribution is 2.38. The molecule has 286 valence electrons. The lowest BCUT2D eigenvalue weighted by molar-refractivity contribution is 0.623. The van der Waals surface area contributed by atoms with E-state index in [1.165, 1.54) is 11.1 Å². The Hall–Kier alpha value is -8.28. The fourth-order valence-corrected chi connectivity index (χ4v) is 8.15. The van der Waals surface area contributed by atoms with Crippen molar-refractivity contribution in [2.75, 3.05) is 0 Å². The number of rotatable bonds is 8. The van der Waals surface area contributed by atoms with E-state index in [9.17, 15) is 0 Å². The molecule has 0 atom stereocenters. The molecule has 11 aromatic rings. The standard InChI is InChI=1S/C56H36N4O/c1-4-15-37(16-5-1)43-22-12-23-44(35-43)45-24-13-25-46(36-45)54-58-53(59-55(60-54)49-27-11-10-26-47(49)38-17-6-2-7-18-38)41-31-29-39(30-32-41)48-28-14-21-40-33-34-50-52(51(40)48)61-56(57-50)42-19-8-3-9-20-42/h1-36H. The summed E-state index contributed by atoms with van der Waals surface area (Å²) in [4.78, 5) is 20.4. The Labute approximate surface area is 353 Å². The van der Waals surface area contributed by atoms with Gasteiger partial charge in [0.25, 0.3) is 0 Å². The highest BCUT2D eigenvalue weighted by molar-refractivity contribution is 6.11. The summed E-state index contributed by atoms with van der Waals surface area (Å²) in [6, 6.07) is 75.3. The molecule has 9 aromatic carbocycles. The van der Waals surface area contributed by atoms with Crippen LogP contribution in [-0.4, -0.2) is 19.9 Å². The molecule has 0 spiro atoms. The second-order valence-electron chi connectivity index (χ2n) is 15.0. The van der Waals surface area contributed by atoms with Gasteiger partial charge in [-0.15, -0.1) is 0 Å². The minimum atomic E-state index is 0.592. The van der Waals surface area contributed by atoms with Gasteiger partial charge in [-0.1, -0.05) is 188 Å². The molecule has 0 saturated heterocycles. The van der Waals surface area contributed by atoms with Crippen molar-refractivity contribution in [1.82, 2.24) is 19.9 Å². The third kappa shape index (κ3) is 6.94. The number of hydrogen-bond acceptors (Lipinski definition) is 5. The van der Waals surface area contributed by atoms with E-state index in [4.69, 9.17) is 24.4 Å². The Morgan fingerprint density at radius 3 is 1.46 bits per heavy atom. The third-order valence-corrected chi connectivity index (χ3v) is 11.2. The van der Waals surface area contributed by atoms with Gasteiger partial charge in [-0.25, -0.2) is 19.9 Å². The first kappa shape index (κ1) is 35.8. The summed E-state index contributed by atoms with van der Waals surface area (Å²) in [7, 11) is 0. The average molecular weight is 781 g/mol. The van der Waals surface area contributed by atoms with Gasteiger partial charge in [0.05, 0.1) is 0 Å². The highest BCUT2D eigenvalue weighted by atomic mass is 16.3. The van der Waals surface area contributed by atoms with Crippen molar-refractivity contribution >= 4 is 21.9 Å². The van der Waals surface area contributed by atoms with Crippen molar-refractivity contribution in [3.63, 3.8) is 0 Å². The monoisotopic (exact) mass is 780 g/mol. The molecule has 5 nitrogen and oxygen atoms in total. The van der Waals surface area contributed by atoms with E-state index < -0.39 is 0 Å². The van der Waals surface area contributed by atoms with Crippen LogP contribution in [0.4, 0.5) is 0 Å². The minimum absolute atomic E-state index is 0.592. The second-order valence-corrected chi connectivity index (χ2v) is 15.0.